The molecule has 0 radical (unpaired) electrons. The van der Waals surface area contributed by atoms with E-state index in [-0.39, 0.29) is 9.88 Å². The summed E-state index contributed by atoms with van der Waals surface area (Å²) >= 11 is 0.826. The predicted octanol–water partition coefficient (Wildman–Crippen LogP) is -0.503. The van der Waals surface area contributed by atoms with Crippen LogP contribution >= 0.6 is 11.3 Å². The molecule has 1 rings (SSSR count). The van der Waals surface area contributed by atoms with Crippen LogP contribution in [-0.2, 0) is 14.3 Å². The summed E-state index contributed by atoms with van der Waals surface area (Å²) in [5, 5.41) is 19.0. The Morgan fingerprint density at radius 2 is 2.00 bits per heavy atom. The zero-order chi connectivity index (χ0) is 13.0. The summed E-state index contributed by atoms with van der Waals surface area (Å²) in [5.74, 6) is -1.58. The highest BCUT2D eigenvalue weighted by atomic mass is 32.1. The first-order valence-electron chi connectivity index (χ1n) is 4.49. The lowest BCUT2D eigenvalue weighted by Crippen LogP contribution is -2.28. The molecular weight excluding hydrogens is 250 g/mol. The third kappa shape index (κ3) is 2.99. The largest absolute Gasteiger partial charge is 0.467 e. The molecular formula is C9H11NO6S. The van der Waals surface area contributed by atoms with Crippen LogP contribution in [0.4, 0.5) is 0 Å². The number of hydrogen-bond acceptors (Lipinski definition) is 8. The summed E-state index contributed by atoms with van der Waals surface area (Å²) in [4.78, 5) is 26.0. The summed E-state index contributed by atoms with van der Waals surface area (Å²) in [7, 11) is 2.29. The highest BCUT2D eigenvalue weighted by Crippen LogP contribution is 2.23. The number of hydrogen-bond donors (Lipinski definition) is 2. The SMILES string of the molecule is COC(=O)c1cnc(C(O)C(O)C(=O)OC)s1. The van der Waals surface area contributed by atoms with Crippen molar-refractivity contribution in [3.05, 3.63) is 16.1 Å². The lowest BCUT2D eigenvalue weighted by molar-refractivity contribution is -0.156. The first-order valence-corrected chi connectivity index (χ1v) is 5.31. The molecule has 2 atom stereocenters. The van der Waals surface area contributed by atoms with E-state index in [0.717, 1.165) is 18.4 Å². The number of methoxy groups -OCH3 is 2. The van der Waals surface area contributed by atoms with Crippen LogP contribution in [0.1, 0.15) is 20.8 Å². The second kappa shape index (κ2) is 5.71. The number of aliphatic hydroxyl groups is 2. The van der Waals surface area contributed by atoms with Gasteiger partial charge in [-0.3, -0.25) is 0 Å². The van der Waals surface area contributed by atoms with Crippen LogP contribution in [-0.4, -0.2) is 47.5 Å². The quantitative estimate of drug-likeness (QED) is 0.703. The number of esters is 2. The van der Waals surface area contributed by atoms with Gasteiger partial charge in [0.05, 0.1) is 20.4 Å². The highest BCUT2D eigenvalue weighted by molar-refractivity contribution is 7.13. The Morgan fingerprint density at radius 3 is 2.53 bits per heavy atom. The number of thiazole rings is 1. The highest BCUT2D eigenvalue weighted by Gasteiger charge is 2.29. The Morgan fingerprint density at radius 1 is 1.35 bits per heavy atom. The molecule has 1 heterocycles. The second-order valence-electron chi connectivity index (χ2n) is 2.97. The molecule has 0 saturated heterocycles. The molecule has 0 aliphatic rings. The van der Waals surface area contributed by atoms with Crippen molar-refractivity contribution < 1.29 is 29.3 Å². The van der Waals surface area contributed by atoms with E-state index in [0.29, 0.717) is 0 Å². The van der Waals surface area contributed by atoms with Crippen molar-refractivity contribution >= 4 is 23.3 Å². The van der Waals surface area contributed by atoms with E-state index in [1.807, 2.05) is 0 Å². The van der Waals surface area contributed by atoms with Gasteiger partial charge in [0.2, 0.25) is 0 Å². The first kappa shape index (κ1) is 13.6. The van der Waals surface area contributed by atoms with E-state index in [9.17, 15) is 19.8 Å². The van der Waals surface area contributed by atoms with Gasteiger partial charge < -0.3 is 19.7 Å². The minimum atomic E-state index is -1.74. The van der Waals surface area contributed by atoms with E-state index in [1.54, 1.807) is 0 Å². The molecule has 17 heavy (non-hydrogen) atoms. The van der Waals surface area contributed by atoms with Gasteiger partial charge in [0, 0.05) is 0 Å². The minimum Gasteiger partial charge on any atom is -0.467 e. The zero-order valence-electron chi connectivity index (χ0n) is 9.11. The van der Waals surface area contributed by atoms with Crippen LogP contribution in [0.5, 0.6) is 0 Å². The van der Waals surface area contributed by atoms with Gasteiger partial charge in [-0.05, 0) is 0 Å². The molecule has 2 unspecified atom stereocenters. The summed E-state index contributed by atoms with van der Waals surface area (Å²) in [6.45, 7) is 0. The molecule has 2 N–H and O–H groups in total. The number of ether oxygens (including phenoxy) is 2. The van der Waals surface area contributed by atoms with Gasteiger partial charge in [0.15, 0.2) is 6.10 Å². The number of rotatable bonds is 4. The number of aliphatic hydroxyl groups excluding tert-OH is 2. The standard InChI is InChI=1S/C9H11NO6S/c1-15-8(13)4-3-10-7(17-4)5(11)6(12)9(14)16-2/h3,5-6,11-12H,1-2H3. The third-order valence-corrected chi connectivity index (χ3v) is 2.95. The number of carbonyl (C=O) groups is 2. The second-order valence-corrected chi connectivity index (χ2v) is 4.03. The molecule has 0 aliphatic carbocycles. The van der Waals surface area contributed by atoms with Crippen molar-refractivity contribution in [1.82, 2.24) is 4.98 Å². The summed E-state index contributed by atoms with van der Waals surface area (Å²) < 4.78 is 8.72. The minimum absolute atomic E-state index is 0.0308. The van der Waals surface area contributed by atoms with Gasteiger partial charge in [0.1, 0.15) is 16.0 Å². The van der Waals surface area contributed by atoms with Gasteiger partial charge in [-0.15, -0.1) is 11.3 Å². The Hall–Kier alpha value is -1.51. The Balaban J connectivity index is 2.83. The van der Waals surface area contributed by atoms with E-state index in [4.69, 9.17) is 0 Å². The maximum Gasteiger partial charge on any atom is 0.349 e. The zero-order valence-corrected chi connectivity index (χ0v) is 9.93. The average Bonchev–Trinajstić information content (AvgIpc) is 2.84. The Labute approximate surface area is 101 Å². The van der Waals surface area contributed by atoms with E-state index in [1.165, 1.54) is 13.3 Å². The van der Waals surface area contributed by atoms with Crippen LogP contribution in [0.15, 0.2) is 6.20 Å². The van der Waals surface area contributed by atoms with Crippen molar-refractivity contribution in [3.63, 3.8) is 0 Å². The molecule has 8 heteroatoms. The van der Waals surface area contributed by atoms with Gasteiger partial charge in [-0.2, -0.15) is 0 Å². The van der Waals surface area contributed by atoms with Crippen LogP contribution in [0.2, 0.25) is 0 Å². The van der Waals surface area contributed by atoms with Crippen molar-refractivity contribution in [3.8, 4) is 0 Å². The molecule has 7 nitrogen and oxygen atoms in total. The number of carbonyl (C=O) groups excluding carboxylic acids is 2. The third-order valence-electron chi connectivity index (χ3n) is 1.90. The fraction of sp³-hybridized carbons (Fsp3) is 0.444. The molecule has 1 aromatic heterocycles. The smallest absolute Gasteiger partial charge is 0.349 e. The van der Waals surface area contributed by atoms with Crippen molar-refractivity contribution in [2.45, 2.75) is 12.2 Å². The molecule has 0 saturated carbocycles. The van der Waals surface area contributed by atoms with Crippen LogP contribution in [0, 0.1) is 0 Å². The fourth-order valence-corrected chi connectivity index (χ4v) is 1.86. The normalized spacial score (nSPS) is 13.9. The van der Waals surface area contributed by atoms with Crippen molar-refractivity contribution in [2.75, 3.05) is 14.2 Å². The molecule has 0 spiro atoms. The van der Waals surface area contributed by atoms with Gasteiger partial charge in [-0.1, -0.05) is 0 Å². The topological polar surface area (TPSA) is 106 Å². The summed E-state index contributed by atoms with van der Waals surface area (Å²) in [6.07, 6.45) is -2.08. The maximum atomic E-state index is 11.1. The molecule has 1 aromatic rings. The van der Waals surface area contributed by atoms with E-state index >= 15 is 0 Å². The molecule has 0 fully saturated rings. The average molecular weight is 261 g/mol. The lowest BCUT2D eigenvalue weighted by atomic mass is 10.2. The van der Waals surface area contributed by atoms with E-state index in [2.05, 4.69) is 14.5 Å². The number of nitrogens with zero attached hydrogens (tertiary/aromatic N) is 1. The van der Waals surface area contributed by atoms with Crippen LogP contribution < -0.4 is 0 Å². The van der Waals surface area contributed by atoms with Gasteiger partial charge >= 0.3 is 11.9 Å². The lowest BCUT2D eigenvalue weighted by Gasteiger charge is -2.12. The van der Waals surface area contributed by atoms with Crippen molar-refractivity contribution in [2.24, 2.45) is 0 Å². The van der Waals surface area contributed by atoms with E-state index < -0.39 is 24.1 Å². The first-order chi connectivity index (χ1) is 8.01. The molecule has 0 bridgehead atoms. The van der Waals surface area contributed by atoms with Gasteiger partial charge in [-0.25, -0.2) is 14.6 Å². The molecule has 94 valence electrons. The Kier molecular flexibility index (Phi) is 4.55. The van der Waals surface area contributed by atoms with Gasteiger partial charge in [0.25, 0.3) is 0 Å². The maximum absolute atomic E-state index is 11.1. The Bertz CT molecular complexity index is 417. The molecule has 0 aliphatic heterocycles. The monoisotopic (exact) mass is 261 g/mol. The van der Waals surface area contributed by atoms with Crippen molar-refractivity contribution in [1.29, 1.82) is 0 Å². The molecule has 0 amide bonds. The predicted molar refractivity (Wildman–Crippen MR) is 56.4 cm³/mol. The fourth-order valence-electron chi connectivity index (χ4n) is 1.00. The molecule has 0 aromatic carbocycles. The van der Waals surface area contributed by atoms with Crippen LogP contribution in [0.25, 0.3) is 0 Å². The van der Waals surface area contributed by atoms with Crippen LogP contribution in [0.3, 0.4) is 0 Å². The summed E-state index contributed by atoms with van der Waals surface area (Å²) in [6, 6.07) is 0. The summed E-state index contributed by atoms with van der Waals surface area (Å²) in [5.41, 5.74) is 0. The number of aromatic nitrogens is 1.